The monoisotopic (exact) mass is 268 g/mol. The summed E-state index contributed by atoms with van der Waals surface area (Å²) in [6, 6.07) is 8.65. The van der Waals surface area contributed by atoms with Gasteiger partial charge in [-0.15, -0.1) is 0 Å². The topological polar surface area (TPSA) is 25.2 Å². The van der Waals surface area contributed by atoms with E-state index in [-0.39, 0.29) is 5.56 Å². The Balaban J connectivity index is 2.05. The van der Waals surface area contributed by atoms with Crippen molar-refractivity contribution in [3.05, 3.63) is 57.5 Å². The highest BCUT2D eigenvalue weighted by atomic mass is 16.1. The lowest BCUT2D eigenvalue weighted by Gasteiger charge is -2.25. The van der Waals surface area contributed by atoms with Crippen LogP contribution in [0.3, 0.4) is 0 Å². The number of aryl methyl sites for hydroxylation is 2. The zero-order valence-electron chi connectivity index (χ0n) is 12.3. The van der Waals surface area contributed by atoms with Gasteiger partial charge in [0.1, 0.15) is 0 Å². The van der Waals surface area contributed by atoms with E-state index in [1.807, 2.05) is 26.2 Å². The molecule has 2 heterocycles. The normalized spacial score (nSPS) is 15.2. The Labute approximate surface area is 119 Å². The summed E-state index contributed by atoms with van der Waals surface area (Å²) in [6.45, 7) is 4.02. The molecule has 1 aromatic carbocycles. The van der Waals surface area contributed by atoms with Crippen molar-refractivity contribution in [1.29, 1.82) is 0 Å². The Morgan fingerprint density at radius 3 is 2.60 bits per heavy atom. The van der Waals surface area contributed by atoms with Crippen molar-refractivity contribution < 1.29 is 0 Å². The number of fused-ring (bicyclic) bond motifs is 1. The van der Waals surface area contributed by atoms with Crippen molar-refractivity contribution >= 4 is 0 Å². The summed E-state index contributed by atoms with van der Waals surface area (Å²) in [6.07, 6.45) is 3.02. The molecule has 0 radical (unpaired) electrons. The number of likely N-dealkylation sites (N-methyl/N-ethyl adjacent to an activating group) is 1. The van der Waals surface area contributed by atoms with Crippen molar-refractivity contribution in [2.45, 2.75) is 19.9 Å². The third kappa shape index (κ3) is 2.29. The van der Waals surface area contributed by atoms with Gasteiger partial charge in [-0.25, -0.2) is 0 Å². The molecular formula is C17H20N2O. The fourth-order valence-electron chi connectivity index (χ4n) is 2.91. The van der Waals surface area contributed by atoms with E-state index in [0.717, 1.165) is 30.6 Å². The minimum absolute atomic E-state index is 0.0772. The lowest BCUT2D eigenvalue weighted by molar-refractivity contribution is 0.313. The first-order chi connectivity index (χ1) is 9.54. The van der Waals surface area contributed by atoms with Crippen LogP contribution in [-0.4, -0.2) is 23.1 Å². The smallest absolute Gasteiger partial charge is 0.253 e. The summed E-state index contributed by atoms with van der Waals surface area (Å²) in [5, 5.41) is 0. The van der Waals surface area contributed by atoms with E-state index in [0.29, 0.717) is 0 Å². The lowest BCUT2D eigenvalue weighted by Crippen LogP contribution is -2.26. The van der Waals surface area contributed by atoms with Crippen LogP contribution in [0.25, 0.3) is 11.1 Å². The van der Waals surface area contributed by atoms with Crippen LogP contribution in [0.4, 0.5) is 0 Å². The van der Waals surface area contributed by atoms with Gasteiger partial charge < -0.3 is 9.47 Å². The molecule has 0 amide bonds. The Kier molecular flexibility index (Phi) is 3.22. The highest BCUT2D eigenvalue weighted by Crippen LogP contribution is 2.25. The van der Waals surface area contributed by atoms with E-state index < -0.39 is 0 Å². The van der Waals surface area contributed by atoms with E-state index in [4.69, 9.17) is 0 Å². The molecule has 1 aliphatic heterocycles. The SMILES string of the molecule is Cc1cc(-c2ccc3c(c2)CCN(C)C3)cn(C)c1=O. The fourth-order valence-corrected chi connectivity index (χ4v) is 2.91. The van der Waals surface area contributed by atoms with Crippen molar-refractivity contribution in [2.24, 2.45) is 7.05 Å². The summed E-state index contributed by atoms with van der Waals surface area (Å²) < 4.78 is 1.66. The summed E-state index contributed by atoms with van der Waals surface area (Å²) in [5.41, 5.74) is 6.05. The Morgan fingerprint density at radius 1 is 1.05 bits per heavy atom. The highest BCUT2D eigenvalue weighted by Gasteiger charge is 2.14. The maximum atomic E-state index is 11.8. The number of hydrogen-bond acceptors (Lipinski definition) is 2. The molecule has 3 rings (SSSR count). The van der Waals surface area contributed by atoms with Gasteiger partial charge in [-0.1, -0.05) is 18.2 Å². The second-order valence-corrected chi connectivity index (χ2v) is 5.80. The predicted molar refractivity (Wildman–Crippen MR) is 81.9 cm³/mol. The van der Waals surface area contributed by atoms with Crippen molar-refractivity contribution in [3.8, 4) is 11.1 Å². The van der Waals surface area contributed by atoms with Crippen LogP contribution in [0.15, 0.2) is 35.3 Å². The van der Waals surface area contributed by atoms with Gasteiger partial charge in [0, 0.05) is 31.9 Å². The molecule has 0 atom stereocenters. The average molecular weight is 268 g/mol. The van der Waals surface area contributed by atoms with Crippen molar-refractivity contribution in [3.63, 3.8) is 0 Å². The van der Waals surface area contributed by atoms with E-state index in [1.54, 1.807) is 4.57 Å². The van der Waals surface area contributed by atoms with E-state index >= 15 is 0 Å². The molecule has 0 bridgehead atoms. The van der Waals surface area contributed by atoms with Gasteiger partial charge >= 0.3 is 0 Å². The van der Waals surface area contributed by atoms with Crippen LogP contribution in [0.5, 0.6) is 0 Å². The van der Waals surface area contributed by atoms with E-state index in [9.17, 15) is 4.79 Å². The van der Waals surface area contributed by atoms with E-state index in [2.05, 4.69) is 30.1 Å². The molecule has 0 aliphatic carbocycles. The second kappa shape index (κ2) is 4.91. The largest absolute Gasteiger partial charge is 0.318 e. The Hall–Kier alpha value is -1.87. The molecule has 2 aromatic rings. The predicted octanol–water partition coefficient (Wildman–Crippen LogP) is 2.35. The third-order valence-corrected chi connectivity index (χ3v) is 4.11. The molecule has 104 valence electrons. The average Bonchev–Trinajstić information content (AvgIpc) is 2.43. The molecule has 0 saturated carbocycles. The number of rotatable bonds is 1. The third-order valence-electron chi connectivity index (χ3n) is 4.11. The van der Waals surface area contributed by atoms with Crippen molar-refractivity contribution in [2.75, 3.05) is 13.6 Å². The van der Waals surface area contributed by atoms with Gasteiger partial charge in [0.2, 0.25) is 0 Å². The second-order valence-electron chi connectivity index (χ2n) is 5.80. The van der Waals surface area contributed by atoms with Crippen LogP contribution in [0, 0.1) is 6.92 Å². The molecule has 1 aromatic heterocycles. The number of aromatic nitrogens is 1. The Bertz CT molecular complexity index is 689. The van der Waals surface area contributed by atoms with Crippen LogP contribution < -0.4 is 5.56 Å². The fraction of sp³-hybridized carbons (Fsp3) is 0.353. The van der Waals surface area contributed by atoms with Gasteiger partial charge in [0.25, 0.3) is 5.56 Å². The molecule has 0 saturated heterocycles. The minimum Gasteiger partial charge on any atom is -0.318 e. The summed E-state index contributed by atoms with van der Waals surface area (Å²) in [7, 11) is 3.97. The maximum absolute atomic E-state index is 11.8. The first-order valence-electron chi connectivity index (χ1n) is 7.02. The molecule has 0 N–H and O–H groups in total. The van der Waals surface area contributed by atoms with Crippen LogP contribution in [0.2, 0.25) is 0 Å². The lowest BCUT2D eigenvalue weighted by atomic mass is 9.95. The van der Waals surface area contributed by atoms with Gasteiger partial charge in [0.05, 0.1) is 0 Å². The van der Waals surface area contributed by atoms with Crippen LogP contribution in [0.1, 0.15) is 16.7 Å². The molecule has 3 nitrogen and oxygen atoms in total. The zero-order valence-corrected chi connectivity index (χ0v) is 12.3. The van der Waals surface area contributed by atoms with Gasteiger partial charge in [-0.2, -0.15) is 0 Å². The van der Waals surface area contributed by atoms with Crippen LogP contribution in [-0.2, 0) is 20.0 Å². The van der Waals surface area contributed by atoms with Gasteiger partial charge in [0.15, 0.2) is 0 Å². The minimum atomic E-state index is 0.0772. The molecular weight excluding hydrogens is 248 g/mol. The standard InChI is InChI=1S/C17H20N2O/c1-12-8-16(11-19(3)17(12)20)13-4-5-15-10-18(2)7-6-14(15)9-13/h4-5,8-9,11H,6-7,10H2,1-3H3. The zero-order chi connectivity index (χ0) is 14.3. The Morgan fingerprint density at radius 2 is 1.85 bits per heavy atom. The van der Waals surface area contributed by atoms with Gasteiger partial charge in [-0.3, -0.25) is 4.79 Å². The number of nitrogens with zero attached hydrogens (tertiary/aromatic N) is 2. The molecule has 1 aliphatic rings. The first kappa shape index (κ1) is 13.1. The number of pyridine rings is 1. The molecule has 0 spiro atoms. The summed E-state index contributed by atoms with van der Waals surface area (Å²) >= 11 is 0. The molecule has 20 heavy (non-hydrogen) atoms. The van der Waals surface area contributed by atoms with Gasteiger partial charge in [-0.05, 0) is 48.7 Å². The van der Waals surface area contributed by atoms with Crippen molar-refractivity contribution in [1.82, 2.24) is 9.47 Å². The number of benzene rings is 1. The van der Waals surface area contributed by atoms with Crippen LogP contribution >= 0.6 is 0 Å². The molecule has 0 unspecified atom stereocenters. The quantitative estimate of drug-likeness (QED) is 0.793. The van der Waals surface area contributed by atoms with E-state index in [1.165, 1.54) is 16.7 Å². The first-order valence-corrected chi connectivity index (χ1v) is 7.02. The maximum Gasteiger partial charge on any atom is 0.253 e. The molecule has 0 fully saturated rings. The molecule has 3 heteroatoms. The number of hydrogen-bond donors (Lipinski definition) is 0. The summed E-state index contributed by atoms with van der Waals surface area (Å²) in [5.74, 6) is 0. The summed E-state index contributed by atoms with van der Waals surface area (Å²) in [4.78, 5) is 14.1. The highest BCUT2D eigenvalue weighted by molar-refractivity contribution is 5.65.